The molecule has 0 fully saturated rings. The lowest BCUT2D eigenvalue weighted by molar-refractivity contribution is -0.137. The molecule has 1 aliphatic rings. The fourth-order valence-electron chi connectivity index (χ4n) is 4.38. The van der Waals surface area contributed by atoms with E-state index in [1.165, 1.54) is 4.57 Å². The van der Waals surface area contributed by atoms with Gasteiger partial charge in [0.15, 0.2) is 5.69 Å². The third kappa shape index (κ3) is 5.33. The van der Waals surface area contributed by atoms with Gasteiger partial charge in [-0.25, -0.2) is 13.6 Å². The number of hydrogen-bond donors (Lipinski definition) is 4. The maximum absolute atomic E-state index is 13.7. The Morgan fingerprint density at radius 1 is 1.11 bits per heavy atom. The van der Waals surface area contributed by atoms with E-state index in [0.29, 0.717) is 47.2 Å². The van der Waals surface area contributed by atoms with E-state index >= 15 is 0 Å². The molecule has 8 nitrogen and oxygen atoms in total. The number of rotatable bonds is 7. The molecule has 36 heavy (non-hydrogen) atoms. The van der Waals surface area contributed by atoms with Crippen LogP contribution < -0.4 is 16.2 Å². The minimum Gasteiger partial charge on any atom is -0.505 e. The quantitative estimate of drug-likeness (QED) is 0.371. The van der Waals surface area contributed by atoms with Crippen LogP contribution in [-0.2, 0) is 24.2 Å². The first-order valence-corrected chi connectivity index (χ1v) is 11.5. The number of amides is 2. The molecule has 1 aliphatic carbocycles. The number of carbonyl (C=O) groups is 2. The number of carboxylic acid groups (broad SMARTS) is 1. The monoisotopic (exact) mass is 517 g/mol. The molecule has 0 bridgehead atoms. The minimum atomic E-state index is -1.33. The van der Waals surface area contributed by atoms with E-state index in [0.717, 1.165) is 12.1 Å². The summed E-state index contributed by atoms with van der Waals surface area (Å²) in [5.41, 5.74) is 0.661. The highest BCUT2D eigenvalue weighted by atomic mass is 35.5. The molecule has 0 saturated carbocycles. The van der Waals surface area contributed by atoms with Gasteiger partial charge < -0.3 is 25.4 Å². The van der Waals surface area contributed by atoms with E-state index in [-0.39, 0.29) is 23.5 Å². The van der Waals surface area contributed by atoms with Gasteiger partial charge >= 0.3 is 12.0 Å². The summed E-state index contributed by atoms with van der Waals surface area (Å²) in [6.07, 6.45) is 1.07. The number of halogens is 3. The number of nitrogens with one attached hydrogen (secondary N) is 2. The Bertz CT molecular complexity index is 1390. The largest absolute Gasteiger partial charge is 0.505 e. The fraction of sp³-hybridized carbons (Fsp3) is 0.240. The number of hydrogen-bond acceptors (Lipinski definition) is 4. The normalized spacial score (nSPS) is 13.2. The van der Waals surface area contributed by atoms with Gasteiger partial charge in [0.2, 0.25) is 0 Å². The summed E-state index contributed by atoms with van der Waals surface area (Å²) in [6.45, 7) is 0.113. The van der Waals surface area contributed by atoms with E-state index in [1.54, 1.807) is 24.3 Å². The molecule has 0 spiro atoms. The first-order valence-electron chi connectivity index (χ1n) is 11.1. The van der Waals surface area contributed by atoms with Crippen LogP contribution >= 0.6 is 11.6 Å². The van der Waals surface area contributed by atoms with Crippen LogP contribution in [0.4, 0.5) is 19.3 Å². The number of urea groups is 1. The number of benzene rings is 2. The summed E-state index contributed by atoms with van der Waals surface area (Å²) < 4.78 is 28.8. The van der Waals surface area contributed by atoms with Gasteiger partial charge in [-0.1, -0.05) is 29.8 Å². The fourth-order valence-corrected chi connectivity index (χ4v) is 4.57. The predicted octanol–water partition coefficient (Wildman–Crippen LogP) is 4.36. The standard InChI is InChI=1S/C25H22ClF2N3O5/c26-18-6-2-1-4-13(18)12-31-20-7-3-5-17(20)23(34)22(24(31)35)30-25(36)29-19(11-21(32)33)14-8-15(27)10-16(28)9-14/h1-2,4,6,8-10,19,34H,3,5,7,11-12H2,(H,32,33)(H2,29,30,36)/t19-/m0/s1. The second-order valence-electron chi connectivity index (χ2n) is 8.44. The molecule has 0 saturated heterocycles. The highest BCUT2D eigenvalue weighted by Crippen LogP contribution is 2.34. The molecule has 0 radical (unpaired) electrons. The molecule has 2 amide bonds. The van der Waals surface area contributed by atoms with Crippen LogP contribution in [-0.4, -0.2) is 26.8 Å². The molecular weight excluding hydrogens is 496 g/mol. The Kier molecular flexibility index (Phi) is 7.25. The van der Waals surface area contributed by atoms with Crippen LogP contribution in [0.1, 0.15) is 41.3 Å². The Hall–Kier alpha value is -3.92. The second kappa shape index (κ2) is 10.4. The first kappa shape index (κ1) is 25.2. The van der Waals surface area contributed by atoms with Gasteiger partial charge in [0, 0.05) is 22.3 Å². The Labute approximate surface area is 209 Å². The third-order valence-electron chi connectivity index (χ3n) is 5.99. The molecule has 4 rings (SSSR count). The lowest BCUT2D eigenvalue weighted by atomic mass is 10.0. The topological polar surface area (TPSA) is 121 Å². The number of aliphatic carboxylic acids is 1. The first-order chi connectivity index (χ1) is 17.1. The van der Waals surface area contributed by atoms with Crippen LogP contribution in [0.2, 0.25) is 5.02 Å². The van der Waals surface area contributed by atoms with Crippen LogP contribution in [0.25, 0.3) is 0 Å². The van der Waals surface area contributed by atoms with Crippen molar-refractivity contribution in [2.45, 2.75) is 38.3 Å². The zero-order valence-corrected chi connectivity index (χ0v) is 19.6. The number of anilines is 1. The van der Waals surface area contributed by atoms with Crippen LogP contribution in [0, 0.1) is 11.6 Å². The van der Waals surface area contributed by atoms with Crippen molar-refractivity contribution in [1.82, 2.24) is 9.88 Å². The highest BCUT2D eigenvalue weighted by Gasteiger charge is 2.27. The van der Waals surface area contributed by atoms with E-state index in [2.05, 4.69) is 10.6 Å². The SMILES string of the molecule is O=C(O)C[C@H](NC(=O)Nc1c(O)c2c(n(Cc3ccccc3Cl)c1=O)CCC2)c1cc(F)cc(F)c1. The Morgan fingerprint density at radius 3 is 2.47 bits per heavy atom. The van der Waals surface area contributed by atoms with Gasteiger partial charge in [-0.05, 0) is 48.6 Å². The van der Waals surface area contributed by atoms with E-state index in [4.69, 9.17) is 11.6 Å². The van der Waals surface area contributed by atoms with Crippen molar-refractivity contribution in [2.75, 3.05) is 5.32 Å². The summed E-state index contributed by atoms with van der Waals surface area (Å²) in [4.78, 5) is 37.5. The molecule has 0 aliphatic heterocycles. The van der Waals surface area contributed by atoms with Gasteiger partial charge in [0.05, 0.1) is 19.0 Å². The number of aromatic nitrogens is 1. The zero-order valence-electron chi connectivity index (χ0n) is 18.9. The van der Waals surface area contributed by atoms with Crippen molar-refractivity contribution in [3.8, 4) is 5.75 Å². The van der Waals surface area contributed by atoms with Crippen molar-refractivity contribution < 1.29 is 28.6 Å². The Morgan fingerprint density at radius 2 is 1.81 bits per heavy atom. The van der Waals surface area contributed by atoms with Gasteiger partial charge in [0.25, 0.3) is 5.56 Å². The minimum absolute atomic E-state index is 0.112. The van der Waals surface area contributed by atoms with Gasteiger partial charge in [-0.15, -0.1) is 0 Å². The summed E-state index contributed by atoms with van der Waals surface area (Å²) in [5.74, 6) is -3.58. The van der Waals surface area contributed by atoms with Crippen LogP contribution in [0.5, 0.6) is 5.75 Å². The lowest BCUT2D eigenvalue weighted by Gasteiger charge is -2.20. The molecule has 3 aromatic rings. The maximum atomic E-state index is 13.7. The summed E-state index contributed by atoms with van der Waals surface area (Å²) >= 11 is 6.27. The highest BCUT2D eigenvalue weighted by molar-refractivity contribution is 6.31. The van der Waals surface area contributed by atoms with E-state index < -0.39 is 41.7 Å². The smallest absolute Gasteiger partial charge is 0.319 e. The average Bonchev–Trinajstić information content (AvgIpc) is 3.29. The molecule has 11 heteroatoms. The number of aromatic hydroxyl groups is 1. The zero-order chi connectivity index (χ0) is 26.0. The molecule has 1 atom stereocenters. The van der Waals surface area contributed by atoms with Crippen molar-refractivity contribution in [3.05, 3.63) is 91.9 Å². The van der Waals surface area contributed by atoms with Crippen molar-refractivity contribution >= 4 is 29.3 Å². The molecule has 188 valence electrons. The van der Waals surface area contributed by atoms with E-state index in [1.807, 2.05) is 0 Å². The molecule has 4 N–H and O–H groups in total. The van der Waals surface area contributed by atoms with Crippen molar-refractivity contribution in [2.24, 2.45) is 0 Å². The maximum Gasteiger partial charge on any atom is 0.319 e. The van der Waals surface area contributed by atoms with Gasteiger partial charge in [0.1, 0.15) is 17.4 Å². The summed E-state index contributed by atoms with van der Waals surface area (Å²) in [7, 11) is 0. The lowest BCUT2D eigenvalue weighted by Crippen LogP contribution is -2.37. The number of pyridine rings is 1. The molecular formula is C25H22ClF2N3O5. The van der Waals surface area contributed by atoms with Crippen LogP contribution in [0.15, 0.2) is 47.3 Å². The molecule has 1 aromatic heterocycles. The summed E-state index contributed by atoms with van der Waals surface area (Å²) in [5, 5.41) is 25.1. The molecule has 0 unspecified atom stereocenters. The second-order valence-corrected chi connectivity index (χ2v) is 8.84. The third-order valence-corrected chi connectivity index (χ3v) is 6.36. The van der Waals surface area contributed by atoms with Gasteiger partial charge in [-0.3, -0.25) is 9.59 Å². The Balaban J connectivity index is 1.66. The molecule has 1 heterocycles. The summed E-state index contributed by atoms with van der Waals surface area (Å²) in [6, 6.07) is 7.06. The van der Waals surface area contributed by atoms with Crippen molar-refractivity contribution in [3.63, 3.8) is 0 Å². The number of carbonyl (C=O) groups excluding carboxylic acids is 1. The average molecular weight is 518 g/mol. The van der Waals surface area contributed by atoms with Crippen LogP contribution in [0.3, 0.4) is 0 Å². The number of nitrogens with zero attached hydrogens (tertiary/aromatic N) is 1. The van der Waals surface area contributed by atoms with Crippen molar-refractivity contribution in [1.29, 1.82) is 0 Å². The predicted molar refractivity (Wildman–Crippen MR) is 128 cm³/mol. The van der Waals surface area contributed by atoms with Gasteiger partial charge in [-0.2, -0.15) is 0 Å². The van der Waals surface area contributed by atoms with E-state index in [9.17, 15) is 33.4 Å². The number of carboxylic acids is 1. The molecule has 2 aromatic carbocycles. The number of fused-ring (bicyclic) bond motifs is 1.